The molecule has 0 aromatic heterocycles. The Morgan fingerprint density at radius 1 is 0.857 bits per heavy atom. The lowest BCUT2D eigenvalue weighted by Crippen LogP contribution is -1.98. The second-order valence-corrected chi connectivity index (χ2v) is 5.32. The molecular weight excluding hydrogens is 262 g/mol. The van der Waals surface area contributed by atoms with E-state index in [0.717, 1.165) is 24.3 Å². The van der Waals surface area contributed by atoms with Gasteiger partial charge in [-0.15, -0.1) is 0 Å². The van der Waals surface area contributed by atoms with Crippen molar-refractivity contribution in [1.29, 1.82) is 0 Å². The summed E-state index contributed by atoms with van der Waals surface area (Å²) in [6, 6.07) is 10.3. The van der Waals surface area contributed by atoms with Gasteiger partial charge >= 0.3 is 0 Å². The summed E-state index contributed by atoms with van der Waals surface area (Å²) in [4.78, 5) is 0. The van der Waals surface area contributed by atoms with Crippen LogP contribution in [0.5, 0.6) is 11.5 Å². The smallest absolute Gasteiger partial charge is 0.141 e. The quantitative estimate of drug-likeness (QED) is 0.852. The summed E-state index contributed by atoms with van der Waals surface area (Å²) in [7, 11) is 3.35. The first-order valence-electron chi connectivity index (χ1n) is 7.11. The van der Waals surface area contributed by atoms with E-state index in [1.54, 1.807) is 14.2 Å². The van der Waals surface area contributed by atoms with Gasteiger partial charge in [-0.3, -0.25) is 0 Å². The van der Waals surface area contributed by atoms with Crippen molar-refractivity contribution in [3.05, 3.63) is 52.6 Å². The highest BCUT2D eigenvalue weighted by atomic mass is 16.5. The van der Waals surface area contributed by atoms with E-state index < -0.39 is 0 Å². The Kier molecular flexibility index (Phi) is 4.73. The lowest BCUT2D eigenvalue weighted by atomic mass is 9.99. The third-order valence-corrected chi connectivity index (χ3v) is 3.90. The Morgan fingerprint density at radius 3 is 2.14 bits per heavy atom. The molecule has 112 valence electrons. The van der Waals surface area contributed by atoms with Crippen LogP contribution in [-0.2, 0) is 12.8 Å². The van der Waals surface area contributed by atoms with Crippen LogP contribution in [0.25, 0.3) is 0 Å². The Labute approximate surface area is 126 Å². The van der Waals surface area contributed by atoms with Gasteiger partial charge < -0.3 is 15.2 Å². The van der Waals surface area contributed by atoms with Crippen molar-refractivity contribution in [3.8, 4) is 11.5 Å². The zero-order valence-electron chi connectivity index (χ0n) is 13.2. The van der Waals surface area contributed by atoms with Gasteiger partial charge in [0, 0.05) is 0 Å². The topological polar surface area (TPSA) is 44.5 Å². The Bertz CT molecular complexity index is 635. The molecule has 3 heteroatoms. The molecule has 0 saturated heterocycles. The van der Waals surface area contributed by atoms with Crippen molar-refractivity contribution in [2.24, 2.45) is 0 Å². The molecule has 0 aliphatic rings. The second-order valence-electron chi connectivity index (χ2n) is 5.32. The van der Waals surface area contributed by atoms with Crippen molar-refractivity contribution in [1.82, 2.24) is 0 Å². The van der Waals surface area contributed by atoms with Gasteiger partial charge in [-0.05, 0) is 67.1 Å². The molecule has 0 radical (unpaired) electrons. The van der Waals surface area contributed by atoms with Crippen LogP contribution in [0.2, 0.25) is 0 Å². The molecule has 2 rings (SSSR count). The normalized spacial score (nSPS) is 10.5. The molecule has 0 fully saturated rings. The number of benzene rings is 2. The molecule has 0 heterocycles. The minimum absolute atomic E-state index is 0.688. The van der Waals surface area contributed by atoms with Gasteiger partial charge in [0.1, 0.15) is 11.5 Å². The number of rotatable bonds is 5. The molecule has 0 bridgehead atoms. The standard InChI is InChI=1S/C18H23NO2/c1-12-9-15(11-18(21-4)13(12)2)6-5-14-7-8-17(20-3)16(19)10-14/h7-11H,5-6,19H2,1-4H3. The van der Waals surface area contributed by atoms with Crippen LogP contribution >= 0.6 is 0 Å². The molecule has 0 saturated carbocycles. The van der Waals surface area contributed by atoms with Gasteiger partial charge in [-0.25, -0.2) is 0 Å². The number of methoxy groups -OCH3 is 2. The van der Waals surface area contributed by atoms with E-state index in [0.29, 0.717) is 5.69 Å². The van der Waals surface area contributed by atoms with E-state index in [-0.39, 0.29) is 0 Å². The summed E-state index contributed by atoms with van der Waals surface area (Å²) in [5.74, 6) is 1.69. The summed E-state index contributed by atoms with van der Waals surface area (Å²) in [6.45, 7) is 4.20. The molecule has 3 nitrogen and oxygen atoms in total. The fourth-order valence-corrected chi connectivity index (χ4v) is 2.48. The van der Waals surface area contributed by atoms with Crippen LogP contribution in [-0.4, -0.2) is 14.2 Å². The van der Waals surface area contributed by atoms with Crippen LogP contribution in [0.15, 0.2) is 30.3 Å². The van der Waals surface area contributed by atoms with Gasteiger partial charge in [0.25, 0.3) is 0 Å². The average molecular weight is 285 g/mol. The van der Waals surface area contributed by atoms with Crippen LogP contribution in [0.3, 0.4) is 0 Å². The monoisotopic (exact) mass is 285 g/mol. The minimum atomic E-state index is 0.688. The van der Waals surface area contributed by atoms with Crippen molar-refractivity contribution in [3.63, 3.8) is 0 Å². The maximum atomic E-state index is 5.95. The first kappa shape index (κ1) is 15.2. The number of nitrogen functional groups attached to an aromatic ring is 1. The van der Waals surface area contributed by atoms with E-state index in [9.17, 15) is 0 Å². The molecule has 0 aliphatic carbocycles. The van der Waals surface area contributed by atoms with Crippen molar-refractivity contribution in [2.75, 3.05) is 20.0 Å². The number of anilines is 1. The number of hydrogen-bond acceptors (Lipinski definition) is 3. The highest BCUT2D eigenvalue weighted by Crippen LogP contribution is 2.25. The number of hydrogen-bond donors (Lipinski definition) is 1. The molecule has 0 amide bonds. The van der Waals surface area contributed by atoms with Crippen molar-refractivity contribution in [2.45, 2.75) is 26.7 Å². The SMILES string of the molecule is COc1ccc(CCc2cc(C)c(C)c(OC)c2)cc1N. The van der Waals surface area contributed by atoms with Gasteiger partial charge in [-0.1, -0.05) is 12.1 Å². The Balaban J connectivity index is 2.13. The molecular formula is C18H23NO2. The number of ether oxygens (including phenoxy) is 2. The van der Waals surface area contributed by atoms with Crippen LogP contribution < -0.4 is 15.2 Å². The zero-order valence-corrected chi connectivity index (χ0v) is 13.2. The molecule has 2 N–H and O–H groups in total. The predicted molar refractivity (Wildman–Crippen MR) is 87.3 cm³/mol. The third kappa shape index (κ3) is 3.48. The second kappa shape index (κ2) is 6.53. The summed E-state index contributed by atoms with van der Waals surface area (Å²) < 4.78 is 10.6. The van der Waals surface area contributed by atoms with Crippen LogP contribution in [0.1, 0.15) is 22.3 Å². The Hall–Kier alpha value is -2.16. The lowest BCUT2D eigenvalue weighted by Gasteiger charge is -2.12. The van der Waals surface area contributed by atoms with Crippen LogP contribution in [0.4, 0.5) is 5.69 Å². The van der Waals surface area contributed by atoms with E-state index in [4.69, 9.17) is 15.2 Å². The highest BCUT2D eigenvalue weighted by Gasteiger charge is 2.06. The van der Waals surface area contributed by atoms with Crippen molar-refractivity contribution >= 4 is 5.69 Å². The van der Waals surface area contributed by atoms with E-state index in [1.807, 2.05) is 12.1 Å². The van der Waals surface area contributed by atoms with Gasteiger partial charge in [0.2, 0.25) is 0 Å². The fourth-order valence-electron chi connectivity index (χ4n) is 2.48. The molecule has 2 aromatic rings. The summed E-state index contributed by atoms with van der Waals surface area (Å²) in [5.41, 5.74) is 11.6. The first-order valence-corrected chi connectivity index (χ1v) is 7.11. The largest absolute Gasteiger partial charge is 0.496 e. The lowest BCUT2D eigenvalue weighted by molar-refractivity contribution is 0.410. The third-order valence-electron chi connectivity index (χ3n) is 3.90. The van der Waals surface area contributed by atoms with Gasteiger partial charge in [0.05, 0.1) is 19.9 Å². The highest BCUT2D eigenvalue weighted by molar-refractivity contribution is 5.54. The van der Waals surface area contributed by atoms with E-state index in [2.05, 4.69) is 32.0 Å². The van der Waals surface area contributed by atoms with Crippen LogP contribution in [0, 0.1) is 13.8 Å². The Morgan fingerprint density at radius 2 is 1.52 bits per heavy atom. The fraction of sp³-hybridized carbons (Fsp3) is 0.333. The maximum Gasteiger partial charge on any atom is 0.141 e. The predicted octanol–water partition coefficient (Wildman–Crippen LogP) is 3.69. The molecule has 0 unspecified atom stereocenters. The summed E-state index contributed by atoms with van der Waals surface area (Å²) in [6.07, 6.45) is 1.91. The molecule has 21 heavy (non-hydrogen) atoms. The maximum absolute atomic E-state index is 5.95. The van der Waals surface area contributed by atoms with Gasteiger partial charge in [0.15, 0.2) is 0 Å². The summed E-state index contributed by atoms with van der Waals surface area (Å²) >= 11 is 0. The van der Waals surface area contributed by atoms with E-state index in [1.165, 1.54) is 22.3 Å². The van der Waals surface area contributed by atoms with E-state index >= 15 is 0 Å². The molecule has 0 spiro atoms. The molecule has 2 aromatic carbocycles. The number of nitrogens with two attached hydrogens (primary N) is 1. The summed E-state index contributed by atoms with van der Waals surface area (Å²) in [5, 5.41) is 0. The number of aryl methyl sites for hydroxylation is 3. The molecule has 0 atom stereocenters. The zero-order chi connectivity index (χ0) is 15.4. The average Bonchev–Trinajstić information content (AvgIpc) is 2.48. The van der Waals surface area contributed by atoms with Gasteiger partial charge in [-0.2, -0.15) is 0 Å². The minimum Gasteiger partial charge on any atom is -0.496 e. The first-order chi connectivity index (χ1) is 10.0. The molecule has 0 aliphatic heterocycles. The van der Waals surface area contributed by atoms with Crippen molar-refractivity contribution < 1.29 is 9.47 Å².